The van der Waals surface area contributed by atoms with Gasteiger partial charge in [-0.25, -0.2) is 0 Å². The van der Waals surface area contributed by atoms with Gasteiger partial charge in [0.2, 0.25) is 0 Å². The van der Waals surface area contributed by atoms with E-state index in [9.17, 15) is 4.79 Å². The number of nitrogens with one attached hydrogen (secondary N) is 1. The molecule has 26 heavy (non-hydrogen) atoms. The molecular weight excluding hydrogens is 330 g/mol. The SMILES string of the molecule is Cc1cc(-c2nc(C3CC3)no2)ccc1NC(=O)c1ccoc1C1CC1. The van der Waals surface area contributed by atoms with Crippen molar-refractivity contribution in [3.8, 4) is 11.5 Å². The Balaban J connectivity index is 1.36. The monoisotopic (exact) mass is 349 g/mol. The minimum atomic E-state index is -0.134. The van der Waals surface area contributed by atoms with Gasteiger partial charge in [0.1, 0.15) is 5.76 Å². The van der Waals surface area contributed by atoms with Crippen LogP contribution in [-0.4, -0.2) is 16.0 Å². The summed E-state index contributed by atoms with van der Waals surface area (Å²) in [5.41, 5.74) is 3.20. The van der Waals surface area contributed by atoms with Gasteiger partial charge < -0.3 is 14.3 Å². The number of benzene rings is 1. The number of hydrogen-bond acceptors (Lipinski definition) is 5. The number of furan rings is 1. The molecule has 2 aromatic heterocycles. The fourth-order valence-corrected chi connectivity index (χ4v) is 3.16. The van der Waals surface area contributed by atoms with Crippen LogP contribution in [0, 0.1) is 6.92 Å². The zero-order valence-corrected chi connectivity index (χ0v) is 14.5. The van der Waals surface area contributed by atoms with Gasteiger partial charge in [0.05, 0.1) is 11.8 Å². The van der Waals surface area contributed by atoms with Crippen LogP contribution in [0.25, 0.3) is 11.5 Å². The average Bonchev–Trinajstić information content (AvgIpc) is 3.57. The third-order valence-corrected chi connectivity index (χ3v) is 4.99. The molecule has 1 N–H and O–H groups in total. The molecule has 0 unspecified atom stereocenters. The summed E-state index contributed by atoms with van der Waals surface area (Å²) in [6.45, 7) is 1.95. The van der Waals surface area contributed by atoms with E-state index in [-0.39, 0.29) is 5.91 Å². The molecule has 1 amide bonds. The first kappa shape index (κ1) is 15.4. The van der Waals surface area contributed by atoms with E-state index in [4.69, 9.17) is 8.94 Å². The number of anilines is 1. The molecule has 0 saturated heterocycles. The zero-order chi connectivity index (χ0) is 17.7. The number of amides is 1. The van der Waals surface area contributed by atoms with Crippen LogP contribution in [0.2, 0.25) is 0 Å². The average molecular weight is 349 g/mol. The van der Waals surface area contributed by atoms with Crippen LogP contribution in [-0.2, 0) is 0 Å². The van der Waals surface area contributed by atoms with Gasteiger partial charge in [-0.05, 0) is 62.4 Å². The Labute approximate surface area is 150 Å². The molecule has 0 radical (unpaired) electrons. The molecule has 5 rings (SSSR count). The van der Waals surface area contributed by atoms with Crippen molar-refractivity contribution in [2.24, 2.45) is 0 Å². The van der Waals surface area contributed by atoms with Crippen LogP contribution in [0.1, 0.15) is 65.0 Å². The number of hydrogen-bond donors (Lipinski definition) is 1. The lowest BCUT2D eigenvalue weighted by Gasteiger charge is -2.09. The molecule has 0 bridgehead atoms. The maximum atomic E-state index is 12.6. The van der Waals surface area contributed by atoms with E-state index in [1.165, 1.54) is 0 Å². The van der Waals surface area contributed by atoms with E-state index in [0.717, 1.165) is 54.1 Å². The molecule has 0 spiro atoms. The maximum absolute atomic E-state index is 12.6. The normalized spacial score (nSPS) is 16.7. The van der Waals surface area contributed by atoms with E-state index >= 15 is 0 Å². The summed E-state index contributed by atoms with van der Waals surface area (Å²) >= 11 is 0. The molecule has 0 aliphatic heterocycles. The van der Waals surface area contributed by atoms with Crippen LogP contribution in [0.15, 0.2) is 39.5 Å². The molecule has 0 atom stereocenters. The van der Waals surface area contributed by atoms with Crippen molar-refractivity contribution in [1.29, 1.82) is 0 Å². The molecule has 2 aliphatic carbocycles. The van der Waals surface area contributed by atoms with Gasteiger partial charge in [-0.15, -0.1) is 0 Å². The Morgan fingerprint density at radius 3 is 2.69 bits per heavy atom. The molecule has 3 aromatic rings. The lowest BCUT2D eigenvalue weighted by atomic mass is 10.1. The summed E-state index contributed by atoms with van der Waals surface area (Å²) in [5, 5.41) is 7.04. The second-order valence-electron chi connectivity index (χ2n) is 7.19. The van der Waals surface area contributed by atoms with E-state index in [1.807, 2.05) is 25.1 Å². The summed E-state index contributed by atoms with van der Waals surface area (Å²) in [4.78, 5) is 17.1. The minimum absolute atomic E-state index is 0.134. The molecule has 132 valence electrons. The maximum Gasteiger partial charge on any atom is 0.259 e. The first-order valence-corrected chi connectivity index (χ1v) is 9.02. The molecular formula is C20H19N3O3. The smallest absolute Gasteiger partial charge is 0.259 e. The molecule has 6 nitrogen and oxygen atoms in total. The summed E-state index contributed by atoms with van der Waals surface area (Å²) < 4.78 is 10.9. The first-order chi connectivity index (χ1) is 12.7. The Morgan fingerprint density at radius 2 is 1.96 bits per heavy atom. The predicted molar refractivity (Wildman–Crippen MR) is 95.1 cm³/mol. The van der Waals surface area contributed by atoms with Gasteiger partial charge in [0.15, 0.2) is 5.82 Å². The standard InChI is InChI=1S/C20H19N3O3/c1-11-10-14(20-22-18(23-26-20)13-4-5-13)6-7-16(11)21-19(24)15-8-9-25-17(15)12-2-3-12/h6-10,12-13H,2-5H2,1H3,(H,21,24). The number of carbonyl (C=O) groups excluding carboxylic acids is 1. The number of rotatable bonds is 5. The van der Waals surface area contributed by atoms with Crippen LogP contribution in [0.3, 0.4) is 0 Å². The fraction of sp³-hybridized carbons (Fsp3) is 0.350. The molecule has 2 heterocycles. The lowest BCUT2D eigenvalue weighted by molar-refractivity contribution is 0.102. The lowest BCUT2D eigenvalue weighted by Crippen LogP contribution is -2.13. The Hall–Kier alpha value is -2.89. The highest BCUT2D eigenvalue weighted by Gasteiger charge is 2.31. The van der Waals surface area contributed by atoms with Crippen LogP contribution < -0.4 is 5.32 Å². The van der Waals surface area contributed by atoms with Crippen molar-refractivity contribution in [2.75, 3.05) is 5.32 Å². The first-order valence-electron chi connectivity index (χ1n) is 9.02. The van der Waals surface area contributed by atoms with Gasteiger partial charge in [-0.2, -0.15) is 4.98 Å². The van der Waals surface area contributed by atoms with Crippen molar-refractivity contribution in [3.05, 3.63) is 53.2 Å². The zero-order valence-electron chi connectivity index (χ0n) is 14.5. The minimum Gasteiger partial charge on any atom is -0.468 e. The fourth-order valence-electron chi connectivity index (χ4n) is 3.16. The highest BCUT2D eigenvalue weighted by atomic mass is 16.5. The largest absolute Gasteiger partial charge is 0.468 e. The van der Waals surface area contributed by atoms with Crippen molar-refractivity contribution in [3.63, 3.8) is 0 Å². The van der Waals surface area contributed by atoms with Crippen molar-refractivity contribution in [1.82, 2.24) is 10.1 Å². The topological polar surface area (TPSA) is 81.2 Å². The van der Waals surface area contributed by atoms with E-state index < -0.39 is 0 Å². The van der Waals surface area contributed by atoms with Gasteiger partial charge in [-0.3, -0.25) is 4.79 Å². The van der Waals surface area contributed by atoms with Crippen molar-refractivity contribution >= 4 is 11.6 Å². The van der Waals surface area contributed by atoms with E-state index in [2.05, 4.69) is 15.5 Å². The third kappa shape index (κ3) is 2.81. The van der Waals surface area contributed by atoms with Crippen LogP contribution >= 0.6 is 0 Å². The van der Waals surface area contributed by atoms with Gasteiger partial charge in [-0.1, -0.05) is 5.16 Å². The molecule has 2 aliphatic rings. The van der Waals surface area contributed by atoms with E-state index in [1.54, 1.807) is 12.3 Å². The highest BCUT2D eigenvalue weighted by Crippen LogP contribution is 2.42. The summed E-state index contributed by atoms with van der Waals surface area (Å²) in [6.07, 6.45) is 6.05. The second-order valence-corrected chi connectivity index (χ2v) is 7.19. The number of aromatic nitrogens is 2. The molecule has 1 aromatic carbocycles. The second kappa shape index (κ2) is 5.83. The Bertz CT molecular complexity index is 980. The Kier molecular flexibility index (Phi) is 3.45. The summed E-state index contributed by atoms with van der Waals surface area (Å²) in [7, 11) is 0. The quantitative estimate of drug-likeness (QED) is 0.725. The van der Waals surface area contributed by atoms with Crippen LogP contribution in [0.4, 0.5) is 5.69 Å². The van der Waals surface area contributed by atoms with Gasteiger partial charge in [0, 0.05) is 23.1 Å². The molecule has 2 fully saturated rings. The van der Waals surface area contributed by atoms with Gasteiger partial charge >= 0.3 is 0 Å². The van der Waals surface area contributed by atoms with Crippen LogP contribution in [0.5, 0.6) is 0 Å². The highest BCUT2D eigenvalue weighted by molar-refractivity contribution is 6.05. The third-order valence-electron chi connectivity index (χ3n) is 4.99. The van der Waals surface area contributed by atoms with Gasteiger partial charge in [0.25, 0.3) is 11.8 Å². The predicted octanol–water partition coefficient (Wildman–Crippen LogP) is 4.65. The molecule has 2 saturated carbocycles. The van der Waals surface area contributed by atoms with Crippen molar-refractivity contribution in [2.45, 2.75) is 44.4 Å². The molecule has 6 heteroatoms. The summed E-state index contributed by atoms with van der Waals surface area (Å²) in [6, 6.07) is 7.46. The summed E-state index contributed by atoms with van der Waals surface area (Å²) in [5.74, 6) is 2.84. The number of carbonyl (C=O) groups is 1. The number of nitrogens with zero attached hydrogens (tertiary/aromatic N) is 2. The Morgan fingerprint density at radius 1 is 1.15 bits per heavy atom. The number of aryl methyl sites for hydroxylation is 1. The van der Waals surface area contributed by atoms with Crippen molar-refractivity contribution < 1.29 is 13.7 Å². The van der Waals surface area contributed by atoms with E-state index in [0.29, 0.717) is 23.3 Å².